The van der Waals surface area contributed by atoms with E-state index >= 15 is 0 Å². The Morgan fingerprint density at radius 2 is 1.70 bits per heavy atom. The zero-order chi connectivity index (χ0) is 14.4. The van der Waals surface area contributed by atoms with E-state index in [2.05, 4.69) is 6.92 Å². The third-order valence-electron chi connectivity index (χ3n) is 3.16. The fourth-order valence-electron chi connectivity index (χ4n) is 1.84. The van der Waals surface area contributed by atoms with Crippen LogP contribution in [0.5, 0.6) is 5.75 Å². The number of allylic oxidation sites excluding steroid dienone is 1. The Hall–Kier alpha value is -2.35. The molecular weight excluding hydrogens is 248 g/mol. The first-order chi connectivity index (χ1) is 9.69. The molecule has 0 N–H and O–H groups in total. The van der Waals surface area contributed by atoms with Crippen molar-refractivity contribution in [3.05, 3.63) is 71.3 Å². The van der Waals surface area contributed by atoms with Crippen molar-refractivity contribution >= 4 is 11.9 Å². The Kier molecular flexibility index (Phi) is 4.72. The summed E-state index contributed by atoms with van der Waals surface area (Å²) in [5.74, 6) is 0.871. The first-order valence-electron chi connectivity index (χ1n) is 6.61. The molecule has 102 valence electrons. The summed E-state index contributed by atoms with van der Waals surface area (Å²) in [5.41, 5.74) is 4.15. The fourth-order valence-corrected chi connectivity index (χ4v) is 1.84. The molecule has 2 aromatic rings. The van der Waals surface area contributed by atoms with E-state index in [1.54, 1.807) is 0 Å². The smallest absolute Gasteiger partial charge is 0.150 e. The van der Waals surface area contributed by atoms with Crippen molar-refractivity contribution in [1.82, 2.24) is 0 Å². The minimum atomic E-state index is 0.532. The number of aldehydes is 1. The van der Waals surface area contributed by atoms with Gasteiger partial charge >= 0.3 is 0 Å². The lowest BCUT2D eigenvalue weighted by Crippen LogP contribution is -1.94. The fraction of sp³-hybridized carbons (Fsp3) is 0.167. The Morgan fingerprint density at radius 3 is 2.30 bits per heavy atom. The number of carbonyl (C=O) groups excluding carboxylic acids is 1. The summed E-state index contributed by atoms with van der Waals surface area (Å²) >= 11 is 0. The van der Waals surface area contributed by atoms with E-state index in [9.17, 15) is 4.79 Å². The molecule has 0 aliphatic rings. The third kappa shape index (κ3) is 3.82. The minimum Gasteiger partial charge on any atom is -0.490 e. The van der Waals surface area contributed by atoms with Crippen molar-refractivity contribution < 1.29 is 9.53 Å². The second-order valence-corrected chi connectivity index (χ2v) is 4.75. The van der Waals surface area contributed by atoms with Crippen LogP contribution in [0.15, 0.2) is 54.6 Å². The summed E-state index contributed by atoms with van der Waals surface area (Å²) in [7, 11) is 0. The molecule has 0 radical (unpaired) electrons. The molecular formula is C18H18O2. The summed E-state index contributed by atoms with van der Waals surface area (Å²) in [6.45, 7) is 4.62. The number of carbonyl (C=O) groups is 1. The van der Waals surface area contributed by atoms with Crippen LogP contribution in [0.25, 0.3) is 5.57 Å². The maximum atomic E-state index is 10.6. The molecule has 0 saturated carbocycles. The van der Waals surface area contributed by atoms with Crippen molar-refractivity contribution in [2.45, 2.75) is 13.8 Å². The number of benzene rings is 2. The summed E-state index contributed by atoms with van der Waals surface area (Å²) in [5, 5.41) is 0. The van der Waals surface area contributed by atoms with E-state index in [4.69, 9.17) is 4.74 Å². The minimum absolute atomic E-state index is 0.532. The molecule has 2 aromatic carbocycles. The van der Waals surface area contributed by atoms with Crippen LogP contribution >= 0.6 is 0 Å². The number of rotatable bonds is 5. The molecule has 0 unspecified atom stereocenters. The Balaban J connectivity index is 1.96. The molecule has 2 rings (SSSR count). The second kappa shape index (κ2) is 6.71. The predicted molar refractivity (Wildman–Crippen MR) is 82.2 cm³/mol. The highest BCUT2D eigenvalue weighted by Crippen LogP contribution is 2.15. The van der Waals surface area contributed by atoms with E-state index < -0.39 is 0 Å². The standard InChI is InChI=1S/C18H18O2/c1-14-3-9-18(10-4-14)20-12-11-15(2)17-7-5-16(13-19)6-8-17/h3-11,13H,12H2,1-2H3. The number of hydrogen-bond donors (Lipinski definition) is 0. The van der Waals surface area contributed by atoms with E-state index in [1.165, 1.54) is 5.56 Å². The second-order valence-electron chi connectivity index (χ2n) is 4.75. The molecule has 2 heteroatoms. The van der Waals surface area contributed by atoms with Gasteiger partial charge < -0.3 is 4.74 Å². The first kappa shape index (κ1) is 14.1. The molecule has 0 amide bonds. The lowest BCUT2D eigenvalue weighted by Gasteiger charge is -2.05. The molecule has 0 bridgehead atoms. The maximum Gasteiger partial charge on any atom is 0.150 e. The lowest BCUT2D eigenvalue weighted by molar-refractivity contribution is 0.112. The first-order valence-corrected chi connectivity index (χ1v) is 6.61. The van der Waals surface area contributed by atoms with Crippen molar-refractivity contribution in [3.63, 3.8) is 0 Å². The molecule has 0 aliphatic heterocycles. The zero-order valence-corrected chi connectivity index (χ0v) is 11.8. The van der Waals surface area contributed by atoms with Crippen molar-refractivity contribution in [2.75, 3.05) is 6.61 Å². The monoisotopic (exact) mass is 266 g/mol. The Morgan fingerprint density at radius 1 is 1.05 bits per heavy atom. The summed E-state index contributed by atoms with van der Waals surface area (Å²) in [4.78, 5) is 10.6. The van der Waals surface area contributed by atoms with Crippen molar-refractivity contribution in [2.24, 2.45) is 0 Å². The van der Waals surface area contributed by atoms with Gasteiger partial charge in [0.2, 0.25) is 0 Å². The molecule has 0 aromatic heterocycles. The Bertz CT molecular complexity index is 592. The topological polar surface area (TPSA) is 26.3 Å². The third-order valence-corrected chi connectivity index (χ3v) is 3.16. The Labute approximate surface area is 119 Å². The van der Waals surface area contributed by atoms with Gasteiger partial charge in [-0.15, -0.1) is 0 Å². The SMILES string of the molecule is CC(=CCOc1ccc(C)cc1)c1ccc(C=O)cc1. The van der Waals surface area contributed by atoms with Crippen LogP contribution in [0.2, 0.25) is 0 Å². The van der Waals surface area contributed by atoms with Crippen LogP contribution in [-0.2, 0) is 0 Å². The van der Waals surface area contributed by atoms with Crippen molar-refractivity contribution in [3.8, 4) is 5.75 Å². The van der Waals surface area contributed by atoms with Gasteiger partial charge in [-0.3, -0.25) is 4.79 Å². The molecule has 20 heavy (non-hydrogen) atoms. The number of ether oxygens (including phenoxy) is 1. The van der Waals surface area contributed by atoms with Gasteiger partial charge in [-0.1, -0.05) is 42.0 Å². The van der Waals surface area contributed by atoms with Gasteiger partial charge in [0, 0.05) is 5.56 Å². The van der Waals surface area contributed by atoms with Gasteiger partial charge in [0.25, 0.3) is 0 Å². The zero-order valence-electron chi connectivity index (χ0n) is 11.8. The highest BCUT2D eigenvalue weighted by Gasteiger charge is 1.97. The predicted octanol–water partition coefficient (Wildman–Crippen LogP) is 4.29. The number of hydrogen-bond acceptors (Lipinski definition) is 2. The molecule has 0 aliphatic carbocycles. The summed E-state index contributed by atoms with van der Waals surface area (Å²) < 4.78 is 5.67. The molecule has 0 fully saturated rings. The van der Waals surface area contributed by atoms with E-state index in [0.29, 0.717) is 12.2 Å². The average Bonchev–Trinajstić information content (AvgIpc) is 2.49. The molecule has 2 nitrogen and oxygen atoms in total. The normalized spacial score (nSPS) is 11.2. The average molecular weight is 266 g/mol. The van der Waals surface area contributed by atoms with Crippen LogP contribution < -0.4 is 4.74 Å². The van der Waals surface area contributed by atoms with E-state index in [0.717, 1.165) is 23.2 Å². The molecule has 0 atom stereocenters. The summed E-state index contributed by atoms with van der Waals surface area (Å²) in [6, 6.07) is 15.5. The maximum absolute atomic E-state index is 10.6. The molecule has 0 heterocycles. The summed E-state index contributed by atoms with van der Waals surface area (Å²) in [6.07, 6.45) is 2.89. The van der Waals surface area contributed by atoms with E-state index in [-0.39, 0.29) is 0 Å². The quantitative estimate of drug-likeness (QED) is 0.755. The van der Waals surface area contributed by atoms with Crippen LogP contribution in [0.3, 0.4) is 0 Å². The lowest BCUT2D eigenvalue weighted by atomic mass is 10.1. The van der Waals surface area contributed by atoms with Gasteiger partial charge in [0.1, 0.15) is 18.6 Å². The highest BCUT2D eigenvalue weighted by molar-refractivity contribution is 5.76. The van der Waals surface area contributed by atoms with Crippen LogP contribution in [0, 0.1) is 6.92 Å². The van der Waals surface area contributed by atoms with E-state index in [1.807, 2.05) is 61.5 Å². The molecule has 0 saturated heterocycles. The molecule has 0 spiro atoms. The van der Waals surface area contributed by atoms with Crippen LogP contribution in [-0.4, -0.2) is 12.9 Å². The van der Waals surface area contributed by atoms with Gasteiger partial charge in [-0.25, -0.2) is 0 Å². The van der Waals surface area contributed by atoms with Crippen LogP contribution in [0.4, 0.5) is 0 Å². The van der Waals surface area contributed by atoms with Crippen LogP contribution in [0.1, 0.15) is 28.4 Å². The van der Waals surface area contributed by atoms with Gasteiger partial charge in [-0.2, -0.15) is 0 Å². The van der Waals surface area contributed by atoms with Gasteiger partial charge in [-0.05, 0) is 43.2 Å². The van der Waals surface area contributed by atoms with Crippen molar-refractivity contribution in [1.29, 1.82) is 0 Å². The number of aryl methyl sites for hydroxylation is 1. The largest absolute Gasteiger partial charge is 0.490 e. The van der Waals surface area contributed by atoms with Gasteiger partial charge in [0.15, 0.2) is 0 Å². The highest BCUT2D eigenvalue weighted by atomic mass is 16.5. The van der Waals surface area contributed by atoms with Gasteiger partial charge in [0.05, 0.1) is 0 Å².